The van der Waals surface area contributed by atoms with Gasteiger partial charge in [-0.1, -0.05) is 40.2 Å². The molecule has 2 heteroatoms. The van der Waals surface area contributed by atoms with Crippen molar-refractivity contribution in [2.45, 2.75) is 19.9 Å². The highest BCUT2D eigenvalue weighted by Gasteiger charge is 2.14. The third-order valence-electron chi connectivity index (χ3n) is 2.34. The molecule has 0 amide bonds. The van der Waals surface area contributed by atoms with Crippen LogP contribution in [0.3, 0.4) is 0 Å². The normalized spacial score (nSPS) is 12.6. The summed E-state index contributed by atoms with van der Waals surface area (Å²) in [5.41, 5.74) is 3.69. The average molecular weight is 254 g/mol. The lowest BCUT2D eigenvalue weighted by Crippen LogP contribution is -2.18. The highest BCUT2D eigenvalue weighted by Crippen LogP contribution is 2.30. The van der Waals surface area contributed by atoms with Gasteiger partial charge < -0.3 is 5.32 Å². The first kappa shape index (κ1) is 11.5. The van der Waals surface area contributed by atoms with E-state index in [9.17, 15) is 0 Å². The summed E-state index contributed by atoms with van der Waals surface area (Å²) in [6.45, 7) is 8.16. The number of likely N-dealkylation sites (N-methyl/N-ethyl adjacent to an activating group) is 1. The van der Waals surface area contributed by atoms with Crippen LogP contribution in [0.5, 0.6) is 0 Å². The molecule has 14 heavy (non-hydrogen) atoms. The van der Waals surface area contributed by atoms with E-state index in [1.807, 2.05) is 20.0 Å². The topological polar surface area (TPSA) is 12.0 Å². The molecule has 1 rings (SSSR count). The zero-order valence-corrected chi connectivity index (χ0v) is 10.5. The number of hydrogen-bond acceptors (Lipinski definition) is 1. The summed E-state index contributed by atoms with van der Waals surface area (Å²) in [4.78, 5) is 0. The first-order valence-corrected chi connectivity index (χ1v) is 5.45. The molecule has 1 nitrogen and oxygen atoms in total. The molecule has 1 unspecified atom stereocenters. The maximum atomic E-state index is 4.00. The zero-order valence-electron chi connectivity index (χ0n) is 8.89. The van der Waals surface area contributed by atoms with Crippen LogP contribution in [0.1, 0.15) is 24.1 Å². The zero-order chi connectivity index (χ0) is 10.7. The van der Waals surface area contributed by atoms with Crippen LogP contribution in [0.15, 0.2) is 34.8 Å². The van der Waals surface area contributed by atoms with Gasteiger partial charge >= 0.3 is 0 Å². The van der Waals surface area contributed by atoms with Crippen molar-refractivity contribution in [3.05, 3.63) is 46.0 Å². The highest BCUT2D eigenvalue weighted by molar-refractivity contribution is 9.10. The van der Waals surface area contributed by atoms with E-state index in [-0.39, 0.29) is 6.04 Å². The molecule has 0 spiro atoms. The third-order valence-corrected chi connectivity index (χ3v) is 3.03. The van der Waals surface area contributed by atoms with Gasteiger partial charge in [0.05, 0.1) is 6.04 Å². The van der Waals surface area contributed by atoms with Crippen molar-refractivity contribution >= 4 is 15.9 Å². The Hall–Kier alpha value is -0.600. The lowest BCUT2D eigenvalue weighted by Gasteiger charge is -2.20. The van der Waals surface area contributed by atoms with E-state index >= 15 is 0 Å². The molecule has 0 radical (unpaired) electrons. The second kappa shape index (κ2) is 4.76. The molecule has 1 aromatic carbocycles. The molecule has 0 fully saturated rings. The molecule has 0 saturated carbocycles. The molecule has 1 N–H and O–H groups in total. The monoisotopic (exact) mass is 253 g/mol. The Morgan fingerprint density at radius 3 is 2.57 bits per heavy atom. The maximum absolute atomic E-state index is 4.00. The first-order chi connectivity index (χ1) is 6.57. The van der Waals surface area contributed by atoms with Crippen molar-refractivity contribution in [2.75, 3.05) is 7.05 Å². The fourth-order valence-electron chi connectivity index (χ4n) is 1.65. The Bertz CT molecular complexity index is 324. The average Bonchev–Trinajstić information content (AvgIpc) is 2.10. The van der Waals surface area contributed by atoms with Crippen molar-refractivity contribution in [3.63, 3.8) is 0 Å². The van der Waals surface area contributed by atoms with Crippen LogP contribution < -0.4 is 5.32 Å². The van der Waals surface area contributed by atoms with Crippen molar-refractivity contribution < 1.29 is 0 Å². The van der Waals surface area contributed by atoms with Gasteiger partial charge in [-0.3, -0.25) is 0 Å². The molecule has 1 atom stereocenters. The highest BCUT2D eigenvalue weighted by atomic mass is 79.9. The summed E-state index contributed by atoms with van der Waals surface area (Å²) in [6, 6.07) is 6.46. The van der Waals surface area contributed by atoms with Crippen LogP contribution >= 0.6 is 15.9 Å². The number of halogens is 1. The minimum Gasteiger partial charge on any atom is -0.310 e. The predicted molar refractivity (Wildman–Crippen MR) is 65.5 cm³/mol. The van der Waals surface area contributed by atoms with E-state index in [1.54, 1.807) is 0 Å². The van der Waals surface area contributed by atoms with Crippen LogP contribution in [-0.4, -0.2) is 7.05 Å². The smallest absolute Gasteiger partial charge is 0.0542 e. The molecule has 0 aromatic heterocycles. The third kappa shape index (κ3) is 2.25. The molecule has 0 bridgehead atoms. The number of aryl methyl sites for hydroxylation is 1. The van der Waals surface area contributed by atoms with Crippen molar-refractivity contribution in [2.24, 2.45) is 0 Å². The van der Waals surface area contributed by atoms with Crippen molar-refractivity contribution in [3.8, 4) is 0 Å². The predicted octanol–water partition coefficient (Wildman–Crippen LogP) is 3.59. The van der Waals surface area contributed by atoms with Gasteiger partial charge in [0.25, 0.3) is 0 Å². The fourth-order valence-corrected chi connectivity index (χ4v) is 2.34. The summed E-state index contributed by atoms with van der Waals surface area (Å²) in [7, 11) is 1.96. The molecule has 0 aliphatic carbocycles. The molecule has 0 saturated heterocycles. The molecule has 1 aromatic rings. The Labute approximate surface area is 94.3 Å². The summed E-state index contributed by atoms with van der Waals surface area (Å²) >= 11 is 3.58. The Morgan fingerprint density at radius 1 is 1.50 bits per heavy atom. The minimum absolute atomic E-state index is 0.227. The lowest BCUT2D eigenvalue weighted by atomic mass is 9.97. The number of rotatable bonds is 3. The van der Waals surface area contributed by atoms with Crippen LogP contribution in [0.25, 0.3) is 0 Å². The van der Waals surface area contributed by atoms with Crippen LogP contribution in [0.2, 0.25) is 0 Å². The van der Waals surface area contributed by atoms with Gasteiger partial charge in [0.2, 0.25) is 0 Å². The lowest BCUT2D eigenvalue weighted by molar-refractivity contribution is 0.673. The maximum Gasteiger partial charge on any atom is 0.0542 e. The summed E-state index contributed by atoms with van der Waals surface area (Å²) < 4.78 is 1.14. The minimum atomic E-state index is 0.227. The van der Waals surface area contributed by atoms with Gasteiger partial charge in [-0.05, 0) is 38.1 Å². The standard InChI is InChI=1S/C12H16BrN/c1-8(2)12(14-4)11-9(3)6-5-7-10(11)13/h5-7,12,14H,1H2,2-4H3. The van der Waals surface area contributed by atoms with Gasteiger partial charge in [0.15, 0.2) is 0 Å². The first-order valence-electron chi connectivity index (χ1n) is 4.65. The summed E-state index contributed by atoms with van der Waals surface area (Å²) in [6.07, 6.45) is 0. The fraction of sp³-hybridized carbons (Fsp3) is 0.333. The van der Waals surface area contributed by atoms with E-state index < -0.39 is 0 Å². The van der Waals surface area contributed by atoms with Gasteiger partial charge in [-0.15, -0.1) is 0 Å². The van der Waals surface area contributed by atoms with Gasteiger partial charge in [0, 0.05) is 4.47 Å². The van der Waals surface area contributed by atoms with Gasteiger partial charge in [-0.25, -0.2) is 0 Å². The Kier molecular flexibility index (Phi) is 3.90. The van der Waals surface area contributed by atoms with E-state index in [0.717, 1.165) is 10.0 Å². The van der Waals surface area contributed by atoms with Crippen LogP contribution in [0.4, 0.5) is 0 Å². The van der Waals surface area contributed by atoms with Gasteiger partial charge in [0.1, 0.15) is 0 Å². The van der Waals surface area contributed by atoms with Crippen molar-refractivity contribution in [1.29, 1.82) is 0 Å². The summed E-state index contributed by atoms with van der Waals surface area (Å²) in [5, 5.41) is 3.27. The Balaban J connectivity index is 3.22. The Morgan fingerprint density at radius 2 is 2.14 bits per heavy atom. The SMILES string of the molecule is C=C(C)C(NC)c1c(C)cccc1Br. The second-order valence-corrected chi connectivity index (χ2v) is 4.39. The van der Waals surface area contributed by atoms with Gasteiger partial charge in [-0.2, -0.15) is 0 Å². The molecule has 76 valence electrons. The van der Waals surface area contributed by atoms with E-state index in [1.165, 1.54) is 11.1 Å². The molecular weight excluding hydrogens is 238 g/mol. The largest absolute Gasteiger partial charge is 0.310 e. The molecular formula is C12H16BrN. The van der Waals surface area contributed by atoms with E-state index in [0.29, 0.717) is 0 Å². The number of hydrogen-bond donors (Lipinski definition) is 1. The molecule has 0 heterocycles. The molecule has 0 aliphatic heterocycles. The van der Waals surface area contributed by atoms with Crippen LogP contribution in [0, 0.1) is 6.92 Å². The van der Waals surface area contributed by atoms with E-state index in [4.69, 9.17) is 0 Å². The summed E-state index contributed by atoms with van der Waals surface area (Å²) in [5.74, 6) is 0. The van der Waals surface area contributed by atoms with Crippen molar-refractivity contribution in [1.82, 2.24) is 5.32 Å². The van der Waals surface area contributed by atoms with E-state index in [2.05, 4.69) is 46.9 Å². The second-order valence-electron chi connectivity index (χ2n) is 3.54. The number of benzene rings is 1. The quantitative estimate of drug-likeness (QED) is 0.813. The molecule has 0 aliphatic rings. The number of nitrogens with one attached hydrogen (secondary N) is 1. The van der Waals surface area contributed by atoms with Crippen LogP contribution in [-0.2, 0) is 0 Å².